The van der Waals surface area contributed by atoms with E-state index < -0.39 is 6.04 Å². The van der Waals surface area contributed by atoms with Gasteiger partial charge in [-0.1, -0.05) is 76.6 Å². The maximum absolute atomic E-state index is 13.2. The van der Waals surface area contributed by atoms with Crippen molar-refractivity contribution in [1.29, 1.82) is 0 Å². The van der Waals surface area contributed by atoms with Crippen LogP contribution in [0.25, 0.3) is 0 Å². The van der Waals surface area contributed by atoms with Crippen molar-refractivity contribution in [3.63, 3.8) is 0 Å². The van der Waals surface area contributed by atoms with E-state index in [2.05, 4.69) is 21.2 Å². The molecule has 172 valence electrons. The van der Waals surface area contributed by atoms with Crippen LogP contribution in [0.4, 0.5) is 0 Å². The third-order valence-electron chi connectivity index (χ3n) is 5.66. The smallest absolute Gasteiger partial charge is 0.261 e. The molecule has 2 amide bonds. The number of rotatable bonds is 8. The van der Waals surface area contributed by atoms with Gasteiger partial charge in [-0.2, -0.15) is 0 Å². The minimum atomic E-state index is -0.676. The first-order valence-corrected chi connectivity index (χ1v) is 12.3. The highest BCUT2D eigenvalue weighted by Crippen LogP contribution is 2.28. The Morgan fingerprint density at radius 1 is 1.12 bits per heavy atom. The Hall–Kier alpha value is -1.76. The fourth-order valence-corrected chi connectivity index (χ4v) is 4.70. The van der Waals surface area contributed by atoms with Crippen LogP contribution in [0.5, 0.6) is 5.75 Å². The number of nitrogens with one attached hydrogen (secondary N) is 1. The molecule has 1 aliphatic carbocycles. The summed E-state index contributed by atoms with van der Waals surface area (Å²) in [4.78, 5) is 27.7. The van der Waals surface area contributed by atoms with Crippen LogP contribution >= 0.6 is 39.1 Å². The van der Waals surface area contributed by atoms with Crippen LogP contribution < -0.4 is 10.1 Å². The molecule has 0 heterocycles. The van der Waals surface area contributed by atoms with E-state index in [1.807, 2.05) is 18.2 Å². The summed E-state index contributed by atoms with van der Waals surface area (Å²) in [6.07, 6.45) is 5.38. The summed E-state index contributed by atoms with van der Waals surface area (Å²) in [5.74, 6) is -0.0885. The maximum Gasteiger partial charge on any atom is 0.261 e. The lowest BCUT2D eigenvalue weighted by Crippen LogP contribution is -2.51. The number of benzene rings is 2. The zero-order valence-corrected chi connectivity index (χ0v) is 21.0. The topological polar surface area (TPSA) is 58.6 Å². The van der Waals surface area contributed by atoms with Crippen LogP contribution in [0.1, 0.15) is 44.6 Å². The predicted molar refractivity (Wildman–Crippen MR) is 131 cm³/mol. The minimum absolute atomic E-state index is 0.161. The summed E-state index contributed by atoms with van der Waals surface area (Å²) in [7, 11) is 0. The molecule has 8 heteroatoms. The summed E-state index contributed by atoms with van der Waals surface area (Å²) in [6, 6.07) is 12.0. The van der Waals surface area contributed by atoms with Gasteiger partial charge in [0.1, 0.15) is 11.8 Å². The number of ether oxygens (including phenoxy) is 1. The molecule has 0 radical (unpaired) electrons. The van der Waals surface area contributed by atoms with Crippen LogP contribution in [-0.4, -0.2) is 35.4 Å². The van der Waals surface area contributed by atoms with Crippen molar-refractivity contribution in [1.82, 2.24) is 10.2 Å². The van der Waals surface area contributed by atoms with Crippen LogP contribution in [0, 0.1) is 0 Å². The van der Waals surface area contributed by atoms with Gasteiger partial charge in [-0.15, -0.1) is 0 Å². The van der Waals surface area contributed by atoms with Crippen molar-refractivity contribution in [3.8, 4) is 5.75 Å². The van der Waals surface area contributed by atoms with E-state index in [1.54, 1.807) is 31.2 Å². The first-order valence-electron chi connectivity index (χ1n) is 10.8. The van der Waals surface area contributed by atoms with E-state index >= 15 is 0 Å². The van der Waals surface area contributed by atoms with E-state index in [4.69, 9.17) is 27.9 Å². The van der Waals surface area contributed by atoms with Gasteiger partial charge >= 0.3 is 0 Å². The van der Waals surface area contributed by atoms with Gasteiger partial charge in [0.25, 0.3) is 5.91 Å². The lowest BCUT2D eigenvalue weighted by atomic mass is 9.95. The Kier molecular flexibility index (Phi) is 9.26. The SMILES string of the molecule is C[C@@H](C(=O)NC1CCCCC1)N(Cc1ccccc1Cl)C(=O)COc1ccc(Br)cc1Cl. The van der Waals surface area contributed by atoms with E-state index in [-0.39, 0.29) is 31.0 Å². The zero-order chi connectivity index (χ0) is 23.1. The molecule has 32 heavy (non-hydrogen) atoms. The fourth-order valence-electron chi connectivity index (χ4n) is 3.78. The van der Waals surface area contributed by atoms with Gasteiger partial charge < -0.3 is 15.0 Å². The molecule has 0 unspecified atom stereocenters. The molecule has 1 saturated carbocycles. The quantitative estimate of drug-likeness (QED) is 0.445. The van der Waals surface area contributed by atoms with Crippen molar-refractivity contribution in [2.24, 2.45) is 0 Å². The monoisotopic (exact) mass is 540 g/mol. The molecule has 3 rings (SSSR count). The molecule has 2 aromatic carbocycles. The fraction of sp³-hybridized carbons (Fsp3) is 0.417. The van der Waals surface area contributed by atoms with Crippen LogP contribution in [0.15, 0.2) is 46.9 Å². The minimum Gasteiger partial charge on any atom is -0.482 e. The van der Waals surface area contributed by atoms with Crippen molar-refractivity contribution in [2.45, 2.75) is 57.7 Å². The van der Waals surface area contributed by atoms with Crippen LogP contribution in [0.2, 0.25) is 10.0 Å². The van der Waals surface area contributed by atoms with Crippen LogP contribution in [-0.2, 0) is 16.1 Å². The van der Waals surface area contributed by atoms with E-state index in [9.17, 15) is 9.59 Å². The van der Waals surface area contributed by atoms with Gasteiger partial charge in [-0.25, -0.2) is 0 Å². The first-order chi connectivity index (χ1) is 15.3. The second-order valence-corrected chi connectivity index (χ2v) is 9.73. The van der Waals surface area contributed by atoms with Gasteiger partial charge in [-0.3, -0.25) is 9.59 Å². The van der Waals surface area contributed by atoms with E-state index in [0.29, 0.717) is 15.8 Å². The Labute approximate surface area is 207 Å². The lowest BCUT2D eigenvalue weighted by molar-refractivity contribution is -0.142. The third-order valence-corrected chi connectivity index (χ3v) is 6.82. The molecule has 2 aromatic rings. The second kappa shape index (κ2) is 11.9. The lowest BCUT2D eigenvalue weighted by Gasteiger charge is -2.31. The molecule has 1 N–H and O–H groups in total. The molecular weight excluding hydrogens is 515 g/mol. The number of carbonyl (C=O) groups is 2. The van der Waals surface area contributed by atoms with Gasteiger partial charge in [0.2, 0.25) is 5.91 Å². The van der Waals surface area contributed by atoms with Gasteiger partial charge in [0.15, 0.2) is 6.61 Å². The summed E-state index contributed by atoms with van der Waals surface area (Å²) in [5.41, 5.74) is 0.765. The van der Waals surface area contributed by atoms with Crippen molar-refractivity contribution >= 4 is 50.9 Å². The molecule has 0 spiro atoms. The highest BCUT2D eigenvalue weighted by molar-refractivity contribution is 9.10. The number of hydrogen-bond acceptors (Lipinski definition) is 3. The molecular formula is C24H27BrCl2N2O3. The van der Waals surface area contributed by atoms with Crippen LogP contribution in [0.3, 0.4) is 0 Å². The molecule has 0 aliphatic heterocycles. The summed E-state index contributed by atoms with van der Waals surface area (Å²) >= 11 is 15.9. The van der Waals surface area contributed by atoms with Gasteiger partial charge in [-0.05, 0) is 49.6 Å². The number of halogens is 3. The third kappa shape index (κ3) is 6.87. The molecule has 0 saturated heterocycles. The number of amides is 2. The summed E-state index contributed by atoms with van der Waals surface area (Å²) in [6.45, 7) is 1.70. The molecule has 1 fully saturated rings. The number of carbonyl (C=O) groups excluding carboxylic acids is 2. The van der Waals surface area contributed by atoms with Gasteiger partial charge in [0, 0.05) is 22.1 Å². The first kappa shape index (κ1) is 24.9. The Morgan fingerprint density at radius 3 is 2.53 bits per heavy atom. The average Bonchev–Trinajstić information content (AvgIpc) is 2.78. The standard InChI is InChI=1S/C24H27BrCl2N2O3/c1-16(24(31)28-19-8-3-2-4-9-19)29(14-17-7-5-6-10-20(17)26)23(30)15-32-22-12-11-18(25)13-21(22)27/h5-7,10-13,16,19H,2-4,8-9,14-15H2,1H3,(H,28,31)/t16-/m0/s1. The number of nitrogens with zero attached hydrogens (tertiary/aromatic N) is 1. The number of hydrogen-bond donors (Lipinski definition) is 1. The molecule has 1 atom stereocenters. The zero-order valence-electron chi connectivity index (χ0n) is 18.0. The average molecular weight is 542 g/mol. The van der Waals surface area contributed by atoms with Crippen molar-refractivity contribution in [2.75, 3.05) is 6.61 Å². The largest absolute Gasteiger partial charge is 0.482 e. The Balaban J connectivity index is 1.73. The highest BCUT2D eigenvalue weighted by atomic mass is 79.9. The maximum atomic E-state index is 13.2. The Bertz CT molecular complexity index is 951. The molecule has 1 aliphatic rings. The molecule has 0 aromatic heterocycles. The Morgan fingerprint density at radius 2 is 1.84 bits per heavy atom. The summed E-state index contributed by atoms with van der Waals surface area (Å²) < 4.78 is 6.49. The van der Waals surface area contributed by atoms with Crippen molar-refractivity contribution in [3.05, 3.63) is 62.5 Å². The summed E-state index contributed by atoms with van der Waals surface area (Å²) in [5, 5.41) is 4.05. The van der Waals surface area contributed by atoms with E-state index in [0.717, 1.165) is 35.7 Å². The van der Waals surface area contributed by atoms with E-state index in [1.165, 1.54) is 11.3 Å². The molecule has 0 bridgehead atoms. The van der Waals surface area contributed by atoms with Crippen molar-refractivity contribution < 1.29 is 14.3 Å². The predicted octanol–water partition coefficient (Wildman–Crippen LogP) is 6.00. The normalized spacial score (nSPS) is 15.1. The molecule has 5 nitrogen and oxygen atoms in total. The highest BCUT2D eigenvalue weighted by Gasteiger charge is 2.29. The van der Waals surface area contributed by atoms with Gasteiger partial charge in [0.05, 0.1) is 5.02 Å². The second-order valence-electron chi connectivity index (χ2n) is 8.00.